The minimum atomic E-state index is -0.188. The van der Waals surface area contributed by atoms with E-state index in [2.05, 4.69) is 5.10 Å². The molecule has 1 heterocycles. The molecule has 0 bridgehead atoms. The molecule has 0 aliphatic heterocycles. The Balaban J connectivity index is 2.08. The van der Waals surface area contributed by atoms with Gasteiger partial charge in [-0.15, -0.1) is 0 Å². The van der Waals surface area contributed by atoms with Gasteiger partial charge >= 0.3 is 0 Å². The lowest BCUT2D eigenvalue weighted by Gasteiger charge is -2.17. The third-order valence-corrected chi connectivity index (χ3v) is 2.52. The molecule has 1 aromatic heterocycles. The van der Waals surface area contributed by atoms with E-state index >= 15 is 0 Å². The van der Waals surface area contributed by atoms with Crippen molar-refractivity contribution in [3.63, 3.8) is 0 Å². The molecular formula is C11H12ClN5O. The number of nitrogens with one attached hydrogen (secondary N) is 1. The Hall–Kier alpha value is -2.05. The van der Waals surface area contributed by atoms with Crippen LogP contribution in [-0.2, 0) is 6.54 Å². The first-order chi connectivity index (χ1) is 8.56. The lowest BCUT2D eigenvalue weighted by Crippen LogP contribution is -2.32. The van der Waals surface area contributed by atoms with Crippen molar-refractivity contribution in [3.05, 3.63) is 47.2 Å². The van der Waals surface area contributed by atoms with Gasteiger partial charge in [0.1, 0.15) is 0 Å². The second-order valence-electron chi connectivity index (χ2n) is 3.73. The van der Waals surface area contributed by atoms with Crippen LogP contribution in [0.5, 0.6) is 0 Å². The van der Waals surface area contributed by atoms with Crippen LogP contribution in [0.15, 0.2) is 36.7 Å². The van der Waals surface area contributed by atoms with Crippen LogP contribution in [0.3, 0.4) is 0 Å². The summed E-state index contributed by atoms with van der Waals surface area (Å²) in [6.07, 6.45) is 2.85. The minimum absolute atomic E-state index is 0.138. The lowest BCUT2D eigenvalue weighted by molar-refractivity contribution is -0.0283. The second kappa shape index (κ2) is 5.07. The van der Waals surface area contributed by atoms with Crippen LogP contribution < -0.4 is 5.73 Å². The van der Waals surface area contributed by atoms with Crippen molar-refractivity contribution in [3.8, 4) is 0 Å². The molecule has 0 aliphatic rings. The number of nitrogen functional groups attached to an aromatic ring is 1. The number of nitrogens with zero attached hydrogens (tertiary/aromatic N) is 3. The number of halogens is 1. The van der Waals surface area contributed by atoms with Crippen LogP contribution in [0, 0.1) is 5.41 Å². The number of rotatable bonds is 2. The molecule has 1 aromatic carbocycles. The summed E-state index contributed by atoms with van der Waals surface area (Å²) < 4.78 is 1.18. The number of hydrogen-bond acceptors (Lipinski definition) is 4. The maximum Gasteiger partial charge on any atom is 0.243 e. The predicted molar refractivity (Wildman–Crippen MR) is 68.5 cm³/mol. The van der Waals surface area contributed by atoms with E-state index in [4.69, 9.17) is 22.7 Å². The Morgan fingerprint density at radius 2 is 2.33 bits per heavy atom. The first-order valence-electron chi connectivity index (χ1n) is 5.16. The maximum absolute atomic E-state index is 9.79. The highest BCUT2D eigenvalue weighted by Crippen LogP contribution is 2.12. The zero-order chi connectivity index (χ0) is 13.1. The monoisotopic (exact) mass is 265 g/mol. The predicted octanol–water partition coefficient (Wildman–Crippen LogP) is 1.79. The van der Waals surface area contributed by atoms with Crippen LogP contribution in [0.1, 0.15) is 5.56 Å². The van der Waals surface area contributed by atoms with Gasteiger partial charge in [-0.05, 0) is 17.7 Å². The van der Waals surface area contributed by atoms with Crippen molar-refractivity contribution in [1.82, 2.24) is 14.8 Å². The van der Waals surface area contributed by atoms with E-state index in [0.29, 0.717) is 10.7 Å². The van der Waals surface area contributed by atoms with Crippen LogP contribution >= 0.6 is 11.6 Å². The molecule has 0 radical (unpaired) electrons. The molecule has 2 aromatic rings. The smallest absolute Gasteiger partial charge is 0.243 e. The summed E-state index contributed by atoms with van der Waals surface area (Å²) in [6, 6.07) is 7.04. The quantitative estimate of drug-likeness (QED) is 0.439. The fourth-order valence-corrected chi connectivity index (χ4v) is 1.67. The van der Waals surface area contributed by atoms with E-state index in [0.717, 1.165) is 10.6 Å². The van der Waals surface area contributed by atoms with Crippen molar-refractivity contribution in [2.75, 3.05) is 5.73 Å². The van der Waals surface area contributed by atoms with E-state index in [1.165, 1.54) is 17.1 Å². The number of anilines is 1. The van der Waals surface area contributed by atoms with Crippen LogP contribution in [0.4, 0.5) is 5.69 Å². The van der Waals surface area contributed by atoms with Gasteiger partial charge in [-0.1, -0.05) is 23.7 Å². The molecule has 0 amide bonds. The van der Waals surface area contributed by atoms with E-state index in [1.54, 1.807) is 24.3 Å². The normalized spacial score (nSPS) is 10.3. The summed E-state index contributed by atoms with van der Waals surface area (Å²) in [4.78, 5) is 0. The summed E-state index contributed by atoms with van der Waals surface area (Å²) in [7, 11) is 0. The molecule has 0 saturated carbocycles. The number of aromatic nitrogens is 2. The highest BCUT2D eigenvalue weighted by atomic mass is 35.5. The van der Waals surface area contributed by atoms with Gasteiger partial charge in [-0.3, -0.25) is 10.6 Å². The summed E-state index contributed by atoms with van der Waals surface area (Å²) in [6.45, 7) is 0.138. The largest absolute Gasteiger partial charge is 0.396 e. The van der Waals surface area contributed by atoms with Crippen molar-refractivity contribution >= 4 is 23.2 Å². The molecule has 4 N–H and O–H groups in total. The molecule has 6 nitrogen and oxygen atoms in total. The zero-order valence-electron chi connectivity index (χ0n) is 9.42. The standard InChI is InChI=1S/C11H12ClN5O/c12-9-3-1-2-8(4-9)6-17(18)11(14)16-7-10(13)5-15-16/h1-5,7,14,18H,6,13H2. The van der Waals surface area contributed by atoms with Gasteiger partial charge in [0.05, 0.1) is 24.6 Å². The van der Waals surface area contributed by atoms with E-state index in [1.807, 2.05) is 0 Å². The Labute approximate surface area is 109 Å². The Bertz CT molecular complexity index is 568. The van der Waals surface area contributed by atoms with Gasteiger partial charge in [0.15, 0.2) is 0 Å². The molecule has 94 valence electrons. The Morgan fingerprint density at radius 3 is 2.94 bits per heavy atom. The van der Waals surface area contributed by atoms with Gasteiger partial charge in [0.25, 0.3) is 0 Å². The third-order valence-electron chi connectivity index (χ3n) is 2.29. The van der Waals surface area contributed by atoms with E-state index in [9.17, 15) is 5.21 Å². The number of nitrogens with two attached hydrogens (primary N) is 1. The van der Waals surface area contributed by atoms with E-state index < -0.39 is 0 Å². The summed E-state index contributed by atoms with van der Waals surface area (Å²) in [5.74, 6) is -0.188. The van der Waals surface area contributed by atoms with Gasteiger partial charge in [0.2, 0.25) is 5.96 Å². The summed E-state index contributed by atoms with van der Waals surface area (Å²) >= 11 is 5.84. The average Bonchev–Trinajstić information content (AvgIpc) is 2.75. The number of hydrogen-bond donors (Lipinski definition) is 3. The number of benzene rings is 1. The molecule has 2 rings (SSSR count). The van der Waals surface area contributed by atoms with Crippen molar-refractivity contribution in [1.29, 1.82) is 5.41 Å². The van der Waals surface area contributed by atoms with Crippen molar-refractivity contribution in [2.45, 2.75) is 6.54 Å². The molecule has 0 aliphatic carbocycles. The van der Waals surface area contributed by atoms with Crippen LogP contribution in [0.25, 0.3) is 0 Å². The Morgan fingerprint density at radius 1 is 1.56 bits per heavy atom. The number of hydroxylamine groups is 2. The topological polar surface area (TPSA) is 91.2 Å². The molecule has 0 fully saturated rings. The van der Waals surface area contributed by atoms with Crippen molar-refractivity contribution < 1.29 is 5.21 Å². The van der Waals surface area contributed by atoms with E-state index in [-0.39, 0.29) is 12.5 Å². The first kappa shape index (κ1) is 12.4. The molecule has 0 unspecified atom stereocenters. The van der Waals surface area contributed by atoms with Gasteiger partial charge in [-0.25, -0.2) is 9.75 Å². The van der Waals surface area contributed by atoms with Gasteiger partial charge in [-0.2, -0.15) is 5.10 Å². The van der Waals surface area contributed by atoms with Crippen LogP contribution in [-0.4, -0.2) is 26.0 Å². The lowest BCUT2D eigenvalue weighted by atomic mass is 10.2. The summed E-state index contributed by atoms with van der Waals surface area (Å²) in [5, 5.41) is 22.7. The fourth-order valence-electron chi connectivity index (χ4n) is 1.45. The highest BCUT2D eigenvalue weighted by molar-refractivity contribution is 6.30. The molecule has 0 spiro atoms. The minimum Gasteiger partial charge on any atom is -0.396 e. The molecule has 0 saturated heterocycles. The van der Waals surface area contributed by atoms with Gasteiger partial charge < -0.3 is 5.73 Å². The zero-order valence-corrected chi connectivity index (χ0v) is 10.2. The average molecular weight is 266 g/mol. The van der Waals surface area contributed by atoms with Crippen molar-refractivity contribution in [2.24, 2.45) is 0 Å². The summed E-state index contributed by atoms with van der Waals surface area (Å²) in [5.41, 5.74) is 6.71. The molecule has 0 atom stereocenters. The Kier molecular flexibility index (Phi) is 3.50. The maximum atomic E-state index is 9.79. The first-order valence-corrected chi connectivity index (χ1v) is 5.54. The molecule has 7 heteroatoms. The highest BCUT2D eigenvalue weighted by Gasteiger charge is 2.10. The van der Waals surface area contributed by atoms with Crippen LogP contribution in [0.2, 0.25) is 5.02 Å². The molecular weight excluding hydrogens is 254 g/mol. The fraction of sp³-hybridized carbons (Fsp3) is 0.0909. The molecule has 18 heavy (non-hydrogen) atoms. The third kappa shape index (κ3) is 2.79. The SMILES string of the molecule is N=C(N(O)Cc1cccc(Cl)c1)n1cc(N)cn1. The second-order valence-corrected chi connectivity index (χ2v) is 4.17. The van der Waals surface area contributed by atoms with Gasteiger partial charge in [0, 0.05) is 5.02 Å².